The van der Waals surface area contributed by atoms with Crippen LogP contribution in [0.1, 0.15) is 31.4 Å². The lowest BCUT2D eigenvalue weighted by Crippen LogP contribution is -2.49. The number of nitrogens with one attached hydrogen (secondary N) is 4. The zero-order chi connectivity index (χ0) is 28.4. The quantitative estimate of drug-likeness (QED) is 0.275. The number of carbonyl (C=O) groups excluding carboxylic acids is 4. The molecule has 3 aromatic rings. The number of alkyl carbamates (subject to hydrolysis) is 1. The molecule has 1 aromatic heterocycles. The van der Waals surface area contributed by atoms with Crippen LogP contribution in [0.15, 0.2) is 63.8 Å². The van der Waals surface area contributed by atoms with Crippen LogP contribution in [0.3, 0.4) is 0 Å². The summed E-state index contributed by atoms with van der Waals surface area (Å²) in [6, 6.07) is 14.6. The molecule has 1 atom stereocenters. The fourth-order valence-electron chi connectivity index (χ4n) is 3.75. The third kappa shape index (κ3) is 9.29. The van der Waals surface area contributed by atoms with Crippen molar-refractivity contribution < 1.29 is 28.3 Å². The Morgan fingerprint density at radius 1 is 0.923 bits per heavy atom. The van der Waals surface area contributed by atoms with Crippen molar-refractivity contribution in [2.45, 2.75) is 39.8 Å². The molecular weight excluding hydrogens is 504 g/mol. The molecule has 0 bridgehead atoms. The van der Waals surface area contributed by atoms with E-state index >= 15 is 0 Å². The molecular formula is C28H32N4O7. The van der Waals surface area contributed by atoms with Crippen molar-refractivity contribution in [3.8, 4) is 0 Å². The predicted octanol–water partition coefficient (Wildman–Crippen LogP) is 2.61. The standard InChI is InChI=1S/C28H32N4O7/c1-17(2)11-22(27(36)31-20-9-10-21-18(3)12-26(35)39-23(21)13-20)32-25(34)15-29-24(33)14-30-28(37)38-16-19-7-5-4-6-8-19/h4-10,12-13,17,22H,11,14-16H2,1-3H3,(H,29,33)(H,30,37)(H,31,36)(H,32,34)/t22-/m0/s1. The first-order chi connectivity index (χ1) is 18.6. The van der Waals surface area contributed by atoms with Gasteiger partial charge in [-0.25, -0.2) is 9.59 Å². The molecule has 1 heterocycles. The van der Waals surface area contributed by atoms with Gasteiger partial charge in [0.25, 0.3) is 0 Å². The second-order valence-electron chi connectivity index (χ2n) is 9.39. The topological polar surface area (TPSA) is 156 Å². The SMILES string of the molecule is Cc1cc(=O)oc2cc(NC(=O)[C@H](CC(C)C)NC(=O)CNC(=O)CNC(=O)OCc3ccccc3)ccc12. The number of carbonyl (C=O) groups is 4. The molecule has 3 rings (SSSR count). The summed E-state index contributed by atoms with van der Waals surface area (Å²) in [5, 5.41) is 10.8. The minimum atomic E-state index is -0.874. The second kappa shape index (κ2) is 13.8. The van der Waals surface area contributed by atoms with E-state index < -0.39 is 35.5 Å². The summed E-state index contributed by atoms with van der Waals surface area (Å²) in [7, 11) is 0. The molecule has 0 fully saturated rings. The smallest absolute Gasteiger partial charge is 0.407 e. The van der Waals surface area contributed by atoms with Crippen LogP contribution in [0.2, 0.25) is 0 Å². The van der Waals surface area contributed by atoms with Crippen LogP contribution < -0.4 is 26.9 Å². The van der Waals surface area contributed by atoms with E-state index in [2.05, 4.69) is 21.3 Å². The van der Waals surface area contributed by atoms with Gasteiger partial charge in [0.2, 0.25) is 17.7 Å². The van der Waals surface area contributed by atoms with E-state index in [1.165, 1.54) is 6.07 Å². The monoisotopic (exact) mass is 536 g/mol. The summed E-state index contributed by atoms with van der Waals surface area (Å²) in [5.74, 6) is -1.55. The van der Waals surface area contributed by atoms with Crippen LogP contribution in [0.4, 0.5) is 10.5 Å². The van der Waals surface area contributed by atoms with Crippen LogP contribution in [0, 0.1) is 12.8 Å². The van der Waals surface area contributed by atoms with Gasteiger partial charge in [-0.15, -0.1) is 0 Å². The molecule has 2 aromatic carbocycles. The average molecular weight is 537 g/mol. The van der Waals surface area contributed by atoms with Crippen molar-refractivity contribution in [1.29, 1.82) is 0 Å². The first-order valence-corrected chi connectivity index (χ1v) is 12.5. The number of fused-ring (bicyclic) bond motifs is 1. The Labute approximate surface area is 225 Å². The molecule has 4 N–H and O–H groups in total. The Bertz CT molecular complexity index is 1390. The molecule has 206 valence electrons. The molecule has 11 nitrogen and oxygen atoms in total. The van der Waals surface area contributed by atoms with E-state index in [-0.39, 0.29) is 25.6 Å². The maximum absolute atomic E-state index is 13.0. The number of amides is 4. The van der Waals surface area contributed by atoms with Gasteiger partial charge in [-0.3, -0.25) is 14.4 Å². The summed E-state index contributed by atoms with van der Waals surface area (Å²) in [5.41, 5.74) is 1.81. The summed E-state index contributed by atoms with van der Waals surface area (Å²) < 4.78 is 10.3. The molecule has 0 aliphatic heterocycles. The summed E-state index contributed by atoms with van der Waals surface area (Å²) in [6.45, 7) is 4.90. The van der Waals surface area contributed by atoms with Gasteiger partial charge in [0.15, 0.2) is 0 Å². The van der Waals surface area contributed by atoms with Crippen molar-refractivity contribution in [3.63, 3.8) is 0 Å². The highest BCUT2D eigenvalue weighted by atomic mass is 16.5. The van der Waals surface area contributed by atoms with Crippen LogP contribution in [-0.4, -0.2) is 42.9 Å². The Balaban J connectivity index is 1.48. The summed E-state index contributed by atoms with van der Waals surface area (Å²) in [4.78, 5) is 61.0. The zero-order valence-corrected chi connectivity index (χ0v) is 22.0. The van der Waals surface area contributed by atoms with Gasteiger partial charge in [-0.05, 0) is 42.5 Å². The van der Waals surface area contributed by atoms with Crippen LogP contribution in [-0.2, 0) is 25.7 Å². The molecule has 0 saturated carbocycles. The molecule has 0 spiro atoms. The van der Waals surface area contributed by atoms with Crippen molar-refractivity contribution in [2.24, 2.45) is 5.92 Å². The first kappa shape index (κ1) is 28.9. The molecule has 39 heavy (non-hydrogen) atoms. The lowest BCUT2D eigenvalue weighted by atomic mass is 10.0. The summed E-state index contributed by atoms with van der Waals surface area (Å²) in [6.07, 6.45) is -0.419. The number of hydrogen-bond acceptors (Lipinski definition) is 7. The van der Waals surface area contributed by atoms with Crippen LogP contribution in [0.5, 0.6) is 0 Å². The number of benzene rings is 2. The molecule has 0 radical (unpaired) electrons. The van der Waals surface area contributed by atoms with Crippen LogP contribution in [0.25, 0.3) is 11.0 Å². The van der Waals surface area contributed by atoms with E-state index in [0.717, 1.165) is 16.5 Å². The van der Waals surface area contributed by atoms with Crippen molar-refractivity contribution in [2.75, 3.05) is 18.4 Å². The highest BCUT2D eigenvalue weighted by Gasteiger charge is 2.22. The molecule has 0 aliphatic rings. The Morgan fingerprint density at radius 2 is 1.64 bits per heavy atom. The molecule has 4 amide bonds. The lowest BCUT2D eigenvalue weighted by Gasteiger charge is -2.20. The Kier molecular flexibility index (Phi) is 10.2. The van der Waals surface area contributed by atoms with E-state index in [4.69, 9.17) is 9.15 Å². The second-order valence-corrected chi connectivity index (χ2v) is 9.39. The fraction of sp³-hybridized carbons (Fsp3) is 0.321. The van der Waals surface area contributed by atoms with E-state index in [1.54, 1.807) is 37.3 Å². The van der Waals surface area contributed by atoms with Gasteiger partial charge in [0.05, 0.1) is 6.54 Å². The number of rotatable bonds is 11. The fourth-order valence-corrected chi connectivity index (χ4v) is 3.75. The van der Waals surface area contributed by atoms with Gasteiger partial charge in [0, 0.05) is 23.2 Å². The summed E-state index contributed by atoms with van der Waals surface area (Å²) >= 11 is 0. The Hall–Kier alpha value is -4.67. The number of anilines is 1. The predicted molar refractivity (Wildman–Crippen MR) is 145 cm³/mol. The minimum absolute atomic E-state index is 0.0588. The normalized spacial score (nSPS) is 11.5. The number of hydrogen-bond donors (Lipinski definition) is 4. The molecule has 0 unspecified atom stereocenters. The average Bonchev–Trinajstić information content (AvgIpc) is 2.89. The van der Waals surface area contributed by atoms with E-state index in [1.807, 2.05) is 32.0 Å². The number of aryl methyl sites for hydroxylation is 1. The van der Waals surface area contributed by atoms with E-state index in [0.29, 0.717) is 17.7 Å². The third-order valence-corrected chi connectivity index (χ3v) is 5.63. The Morgan fingerprint density at radius 3 is 2.36 bits per heavy atom. The lowest BCUT2D eigenvalue weighted by molar-refractivity contribution is -0.128. The van der Waals surface area contributed by atoms with Gasteiger partial charge in [-0.1, -0.05) is 44.2 Å². The van der Waals surface area contributed by atoms with Gasteiger partial charge in [0.1, 0.15) is 24.8 Å². The number of ether oxygens (including phenoxy) is 1. The van der Waals surface area contributed by atoms with Crippen molar-refractivity contribution in [3.05, 3.63) is 76.1 Å². The minimum Gasteiger partial charge on any atom is -0.445 e. The highest BCUT2D eigenvalue weighted by molar-refractivity contribution is 5.99. The maximum Gasteiger partial charge on any atom is 0.407 e. The van der Waals surface area contributed by atoms with Crippen LogP contribution >= 0.6 is 0 Å². The molecule has 11 heteroatoms. The zero-order valence-electron chi connectivity index (χ0n) is 22.0. The van der Waals surface area contributed by atoms with Gasteiger partial charge < -0.3 is 30.4 Å². The first-order valence-electron chi connectivity index (χ1n) is 12.5. The van der Waals surface area contributed by atoms with Crippen molar-refractivity contribution in [1.82, 2.24) is 16.0 Å². The van der Waals surface area contributed by atoms with Gasteiger partial charge in [-0.2, -0.15) is 0 Å². The third-order valence-electron chi connectivity index (χ3n) is 5.63. The molecule has 0 saturated heterocycles. The van der Waals surface area contributed by atoms with Gasteiger partial charge >= 0.3 is 11.7 Å². The van der Waals surface area contributed by atoms with Crippen molar-refractivity contribution >= 4 is 40.5 Å². The largest absolute Gasteiger partial charge is 0.445 e. The maximum atomic E-state index is 13.0. The van der Waals surface area contributed by atoms with E-state index in [9.17, 15) is 24.0 Å². The molecule has 0 aliphatic carbocycles. The highest BCUT2D eigenvalue weighted by Crippen LogP contribution is 2.21.